The molecule has 7 nitrogen and oxygen atoms in total. The fourth-order valence-corrected chi connectivity index (χ4v) is 3.13. The molecule has 1 fully saturated rings. The molecule has 27 heavy (non-hydrogen) atoms. The molecule has 134 valence electrons. The number of hydrogen-bond donors (Lipinski definition) is 0. The summed E-state index contributed by atoms with van der Waals surface area (Å²) in [7, 11) is 1.60. The van der Waals surface area contributed by atoms with Crippen molar-refractivity contribution in [3.8, 4) is 23.3 Å². The van der Waals surface area contributed by atoms with Crippen molar-refractivity contribution in [3.05, 3.63) is 59.9 Å². The van der Waals surface area contributed by atoms with Crippen LogP contribution in [0, 0.1) is 11.3 Å². The number of ether oxygens (including phenoxy) is 1. The summed E-state index contributed by atoms with van der Waals surface area (Å²) >= 11 is 0. The van der Waals surface area contributed by atoms with E-state index in [0.29, 0.717) is 35.8 Å². The third kappa shape index (κ3) is 3.25. The van der Waals surface area contributed by atoms with Crippen LogP contribution in [0.1, 0.15) is 23.7 Å². The Morgan fingerprint density at radius 2 is 2.07 bits per heavy atom. The molecule has 2 aromatic carbocycles. The molecule has 0 aliphatic carbocycles. The Labute approximate surface area is 155 Å². The number of anilines is 1. The number of benzene rings is 2. The summed E-state index contributed by atoms with van der Waals surface area (Å²) in [6.45, 7) is 0.488. The van der Waals surface area contributed by atoms with Crippen LogP contribution in [-0.4, -0.2) is 29.7 Å². The van der Waals surface area contributed by atoms with Crippen LogP contribution in [0.3, 0.4) is 0 Å². The van der Waals surface area contributed by atoms with Gasteiger partial charge in [-0.25, -0.2) is 0 Å². The van der Waals surface area contributed by atoms with Gasteiger partial charge >= 0.3 is 0 Å². The lowest BCUT2D eigenvalue weighted by Gasteiger charge is -2.16. The highest BCUT2D eigenvalue weighted by molar-refractivity contribution is 5.96. The van der Waals surface area contributed by atoms with E-state index in [2.05, 4.69) is 16.2 Å². The molecule has 0 saturated carbocycles. The summed E-state index contributed by atoms with van der Waals surface area (Å²) in [5, 5.41) is 13.1. The molecule has 1 aromatic heterocycles. The number of carbonyl (C=O) groups is 1. The number of carbonyl (C=O) groups excluding carboxylic acids is 1. The van der Waals surface area contributed by atoms with Gasteiger partial charge in [-0.1, -0.05) is 11.2 Å². The Kier molecular flexibility index (Phi) is 4.30. The van der Waals surface area contributed by atoms with Crippen LogP contribution in [0.4, 0.5) is 5.69 Å². The zero-order valence-electron chi connectivity index (χ0n) is 14.6. The minimum absolute atomic E-state index is 0.0167. The Hall–Kier alpha value is -3.66. The smallest absolute Gasteiger partial charge is 0.257 e. The van der Waals surface area contributed by atoms with E-state index >= 15 is 0 Å². The lowest BCUT2D eigenvalue weighted by molar-refractivity contribution is -0.117. The van der Waals surface area contributed by atoms with Crippen LogP contribution < -0.4 is 9.64 Å². The largest absolute Gasteiger partial charge is 0.497 e. The second kappa shape index (κ2) is 6.92. The van der Waals surface area contributed by atoms with Crippen LogP contribution >= 0.6 is 0 Å². The first kappa shape index (κ1) is 16.8. The van der Waals surface area contributed by atoms with Gasteiger partial charge in [0.25, 0.3) is 5.89 Å². The van der Waals surface area contributed by atoms with Gasteiger partial charge in [0.2, 0.25) is 5.91 Å². The Bertz CT molecular complexity index is 1020. The molecule has 1 atom stereocenters. The quantitative estimate of drug-likeness (QED) is 0.710. The van der Waals surface area contributed by atoms with E-state index in [1.807, 2.05) is 30.3 Å². The molecular weight excluding hydrogens is 344 g/mol. The summed E-state index contributed by atoms with van der Waals surface area (Å²) in [5.74, 6) is 1.46. The standard InChI is InChI=1S/C20H16N4O3/c1-26-17-7-5-16(6-8-17)24-12-15(10-18(24)25)19-22-20(27-23-19)14-4-2-3-13(9-14)11-21/h2-9,15H,10,12H2,1H3. The Morgan fingerprint density at radius 1 is 1.26 bits per heavy atom. The number of aromatic nitrogens is 2. The monoisotopic (exact) mass is 360 g/mol. The average molecular weight is 360 g/mol. The van der Waals surface area contributed by atoms with Gasteiger partial charge in [0, 0.05) is 30.1 Å². The van der Waals surface area contributed by atoms with Crippen molar-refractivity contribution in [1.29, 1.82) is 5.26 Å². The van der Waals surface area contributed by atoms with Crippen LogP contribution in [0.2, 0.25) is 0 Å². The zero-order valence-corrected chi connectivity index (χ0v) is 14.6. The molecule has 4 rings (SSSR count). The molecule has 1 saturated heterocycles. The van der Waals surface area contributed by atoms with Crippen LogP contribution in [0.5, 0.6) is 5.75 Å². The SMILES string of the molecule is COc1ccc(N2CC(c3noc(-c4cccc(C#N)c4)n3)CC2=O)cc1. The van der Waals surface area contributed by atoms with E-state index in [1.54, 1.807) is 30.2 Å². The average Bonchev–Trinajstić information content (AvgIpc) is 3.35. The van der Waals surface area contributed by atoms with Crippen LogP contribution in [0.15, 0.2) is 53.1 Å². The van der Waals surface area contributed by atoms with Gasteiger partial charge in [0.05, 0.1) is 18.7 Å². The van der Waals surface area contributed by atoms with Crippen molar-refractivity contribution in [3.63, 3.8) is 0 Å². The molecule has 1 unspecified atom stereocenters. The summed E-state index contributed by atoms with van der Waals surface area (Å²) in [5.41, 5.74) is 2.02. The maximum absolute atomic E-state index is 12.4. The van der Waals surface area contributed by atoms with Gasteiger partial charge in [-0.05, 0) is 42.5 Å². The number of rotatable bonds is 4. The van der Waals surface area contributed by atoms with Gasteiger partial charge < -0.3 is 14.2 Å². The van der Waals surface area contributed by atoms with Gasteiger partial charge in [0.15, 0.2) is 5.82 Å². The number of nitrogens with zero attached hydrogens (tertiary/aromatic N) is 4. The van der Waals surface area contributed by atoms with Gasteiger partial charge in [-0.2, -0.15) is 10.2 Å². The number of nitriles is 1. The van der Waals surface area contributed by atoms with Gasteiger partial charge in [-0.3, -0.25) is 4.79 Å². The van der Waals surface area contributed by atoms with Crippen molar-refractivity contribution in [1.82, 2.24) is 10.1 Å². The van der Waals surface area contributed by atoms with E-state index in [9.17, 15) is 4.79 Å². The summed E-state index contributed by atoms with van der Waals surface area (Å²) in [6, 6.07) is 16.4. The number of hydrogen-bond acceptors (Lipinski definition) is 6. The lowest BCUT2D eigenvalue weighted by Crippen LogP contribution is -2.24. The lowest BCUT2D eigenvalue weighted by atomic mass is 10.1. The predicted molar refractivity (Wildman–Crippen MR) is 97.2 cm³/mol. The third-order valence-corrected chi connectivity index (χ3v) is 4.55. The minimum Gasteiger partial charge on any atom is -0.497 e. The normalized spacial score (nSPS) is 16.4. The highest BCUT2D eigenvalue weighted by atomic mass is 16.5. The van der Waals surface area contributed by atoms with Crippen molar-refractivity contribution >= 4 is 11.6 Å². The maximum Gasteiger partial charge on any atom is 0.257 e. The molecule has 1 aliphatic rings. The number of methoxy groups -OCH3 is 1. The van der Waals surface area contributed by atoms with Gasteiger partial charge in [-0.15, -0.1) is 0 Å². The summed E-state index contributed by atoms with van der Waals surface area (Å²) in [6.07, 6.45) is 0.323. The maximum atomic E-state index is 12.4. The molecule has 7 heteroatoms. The molecular formula is C20H16N4O3. The first-order valence-corrected chi connectivity index (χ1v) is 8.46. The van der Waals surface area contributed by atoms with Crippen molar-refractivity contribution in [2.75, 3.05) is 18.6 Å². The fourth-order valence-electron chi connectivity index (χ4n) is 3.13. The van der Waals surface area contributed by atoms with Crippen molar-refractivity contribution in [2.45, 2.75) is 12.3 Å². The highest BCUT2D eigenvalue weighted by Gasteiger charge is 2.34. The van der Waals surface area contributed by atoms with E-state index in [1.165, 1.54) is 0 Å². The second-order valence-corrected chi connectivity index (χ2v) is 6.25. The highest BCUT2D eigenvalue weighted by Crippen LogP contribution is 2.32. The summed E-state index contributed by atoms with van der Waals surface area (Å²) in [4.78, 5) is 18.6. The zero-order chi connectivity index (χ0) is 18.8. The van der Waals surface area contributed by atoms with Crippen molar-refractivity contribution < 1.29 is 14.1 Å². The Morgan fingerprint density at radius 3 is 2.81 bits per heavy atom. The van der Waals surface area contributed by atoms with E-state index in [4.69, 9.17) is 14.5 Å². The Balaban J connectivity index is 1.54. The fraction of sp³-hybridized carbons (Fsp3) is 0.200. The molecule has 0 spiro atoms. The second-order valence-electron chi connectivity index (χ2n) is 6.25. The third-order valence-electron chi connectivity index (χ3n) is 4.55. The number of amides is 1. The molecule has 3 aromatic rings. The first-order chi connectivity index (χ1) is 13.2. The van der Waals surface area contributed by atoms with Crippen LogP contribution in [-0.2, 0) is 4.79 Å². The topological polar surface area (TPSA) is 92.2 Å². The van der Waals surface area contributed by atoms with E-state index in [0.717, 1.165) is 11.4 Å². The molecule has 1 aliphatic heterocycles. The molecule has 2 heterocycles. The van der Waals surface area contributed by atoms with E-state index < -0.39 is 0 Å². The molecule has 1 amide bonds. The van der Waals surface area contributed by atoms with E-state index in [-0.39, 0.29) is 11.8 Å². The van der Waals surface area contributed by atoms with Gasteiger partial charge in [0.1, 0.15) is 5.75 Å². The van der Waals surface area contributed by atoms with Crippen molar-refractivity contribution in [2.24, 2.45) is 0 Å². The molecule has 0 N–H and O–H groups in total. The summed E-state index contributed by atoms with van der Waals surface area (Å²) < 4.78 is 10.5. The minimum atomic E-state index is -0.142. The predicted octanol–water partition coefficient (Wildman–Crippen LogP) is 3.14. The molecule has 0 bridgehead atoms. The molecule has 0 radical (unpaired) electrons. The van der Waals surface area contributed by atoms with Crippen LogP contribution in [0.25, 0.3) is 11.5 Å². The first-order valence-electron chi connectivity index (χ1n) is 8.46.